The Morgan fingerprint density at radius 3 is 2.70 bits per heavy atom. The number of hydrogen-bond donors (Lipinski definition) is 2. The molecule has 1 amide bonds. The Hall–Kier alpha value is -2.43. The molecule has 0 bridgehead atoms. The molecule has 4 nitrogen and oxygen atoms in total. The number of aromatic nitrogens is 1. The molecule has 0 aliphatic carbocycles. The Balaban J connectivity index is 2.14. The first-order valence-electron chi connectivity index (χ1n) is 6.45. The highest BCUT2D eigenvalue weighted by Gasteiger charge is 2.11. The van der Waals surface area contributed by atoms with Crippen molar-refractivity contribution in [1.29, 1.82) is 0 Å². The minimum atomic E-state index is -0.338. The highest BCUT2D eigenvalue weighted by atomic mass is 19.1. The fraction of sp³-hybridized carbons (Fsp3) is 0.200. The van der Waals surface area contributed by atoms with Gasteiger partial charge in [0.05, 0.1) is 11.3 Å². The summed E-state index contributed by atoms with van der Waals surface area (Å²) in [4.78, 5) is 16.2. The number of nitrogens with zero attached hydrogens (tertiary/aromatic N) is 1. The number of halogens is 1. The van der Waals surface area contributed by atoms with E-state index in [1.165, 1.54) is 30.5 Å². The molecule has 2 rings (SSSR count). The second-order valence-electron chi connectivity index (χ2n) is 4.31. The zero-order valence-corrected chi connectivity index (χ0v) is 11.2. The molecule has 2 aromatic rings. The summed E-state index contributed by atoms with van der Waals surface area (Å²) in [5.74, 6) is -0.613. The maximum absolute atomic E-state index is 12.8. The van der Waals surface area contributed by atoms with Crippen LogP contribution in [0, 0.1) is 5.82 Å². The van der Waals surface area contributed by atoms with Crippen molar-refractivity contribution in [1.82, 2.24) is 4.98 Å². The van der Waals surface area contributed by atoms with Gasteiger partial charge in [-0.05, 0) is 36.8 Å². The fourth-order valence-electron chi connectivity index (χ4n) is 1.72. The van der Waals surface area contributed by atoms with Gasteiger partial charge in [-0.2, -0.15) is 0 Å². The lowest BCUT2D eigenvalue weighted by Gasteiger charge is -2.11. The van der Waals surface area contributed by atoms with E-state index in [9.17, 15) is 9.18 Å². The zero-order chi connectivity index (χ0) is 14.4. The van der Waals surface area contributed by atoms with E-state index in [0.717, 1.165) is 18.7 Å². The van der Waals surface area contributed by atoms with Gasteiger partial charge in [0.1, 0.15) is 5.82 Å². The molecule has 20 heavy (non-hydrogen) atoms. The summed E-state index contributed by atoms with van der Waals surface area (Å²) >= 11 is 0. The summed E-state index contributed by atoms with van der Waals surface area (Å²) in [7, 11) is 0. The highest BCUT2D eigenvalue weighted by molar-refractivity contribution is 6.07. The van der Waals surface area contributed by atoms with Gasteiger partial charge in [-0.25, -0.2) is 4.39 Å². The molecule has 0 spiro atoms. The molecule has 0 atom stereocenters. The Morgan fingerprint density at radius 2 is 2.00 bits per heavy atom. The number of benzene rings is 1. The molecule has 1 aromatic heterocycles. The summed E-state index contributed by atoms with van der Waals surface area (Å²) in [6.07, 6.45) is 4.10. The van der Waals surface area contributed by atoms with Gasteiger partial charge in [-0.15, -0.1) is 0 Å². The van der Waals surface area contributed by atoms with Gasteiger partial charge in [0.25, 0.3) is 5.91 Å². The first-order valence-corrected chi connectivity index (χ1v) is 6.45. The van der Waals surface area contributed by atoms with Gasteiger partial charge in [-0.3, -0.25) is 9.78 Å². The van der Waals surface area contributed by atoms with E-state index in [1.807, 2.05) is 6.92 Å². The van der Waals surface area contributed by atoms with E-state index in [0.29, 0.717) is 11.3 Å². The van der Waals surface area contributed by atoms with E-state index in [4.69, 9.17) is 0 Å². The lowest BCUT2D eigenvalue weighted by molar-refractivity contribution is 0.102. The third kappa shape index (κ3) is 3.54. The molecule has 0 fully saturated rings. The van der Waals surface area contributed by atoms with Crippen molar-refractivity contribution in [3.8, 4) is 0 Å². The molecule has 0 aliphatic rings. The maximum Gasteiger partial charge on any atom is 0.259 e. The van der Waals surface area contributed by atoms with Crippen molar-refractivity contribution in [2.75, 3.05) is 17.2 Å². The molecule has 0 saturated heterocycles. The van der Waals surface area contributed by atoms with Crippen molar-refractivity contribution < 1.29 is 9.18 Å². The monoisotopic (exact) mass is 273 g/mol. The molecule has 2 N–H and O–H groups in total. The van der Waals surface area contributed by atoms with Crippen molar-refractivity contribution >= 4 is 17.3 Å². The van der Waals surface area contributed by atoms with E-state index < -0.39 is 0 Å². The van der Waals surface area contributed by atoms with Crippen LogP contribution in [0.4, 0.5) is 15.8 Å². The lowest BCUT2D eigenvalue weighted by Crippen LogP contribution is -2.15. The molecular formula is C15H16FN3O. The Bertz CT molecular complexity index is 584. The maximum atomic E-state index is 12.8. The predicted molar refractivity (Wildman–Crippen MR) is 77.4 cm³/mol. The lowest BCUT2D eigenvalue weighted by atomic mass is 10.2. The summed E-state index contributed by atoms with van der Waals surface area (Å²) in [5.41, 5.74) is 1.74. The molecular weight excluding hydrogens is 257 g/mol. The Labute approximate surface area is 117 Å². The van der Waals surface area contributed by atoms with Crippen LogP contribution in [0.2, 0.25) is 0 Å². The molecule has 0 unspecified atom stereocenters. The van der Waals surface area contributed by atoms with Gasteiger partial charge in [0.15, 0.2) is 0 Å². The second kappa shape index (κ2) is 6.65. The van der Waals surface area contributed by atoms with Gasteiger partial charge in [0.2, 0.25) is 0 Å². The van der Waals surface area contributed by atoms with Crippen molar-refractivity contribution in [3.05, 3.63) is 54.1 Å². The highest BCUT2D eigenvalue weighted by Crippen LogP contribution is 2.16. The number of carbonyl (C=O) groups excluding carboxylic acids is 1. The summed E-state index contributed by atoms with van der Waals surface area (Å²) in [5, 5.41) is 5.89. The predicted octanol–water partition coefficient (Wildman–Crippen LogP) is 3.29. The van der Waals surface area contributed by atoms with Gasteiger partial charge < -0.3 is 10.6 Å². The number of amides is 1. The molecule has 5 heteroatoms. The summed E-state index contributed by atoms with van der Waals surface area (Å²) < 4.78 is 12.8. The van der Waals surface area contributed by atoms with E-state index in [-0.39, 0.29) is 11.7 Å². The average molecular weight is 273 g/mol. The first-order chi connectivity index (χ1) is 9.70. The van der Waals surface area contributed by atoms with Crippen molar-refractivity contribution in [2.24, 2.45) is 0 Å². The molecule has 1 aromatic carbocycles. The standard InChI is InChI=1S/C15H16FN3O/c1-2-8-18-14-7-9-17-10-13(14)15(20)19-12-5-3-11(16)4-6-12/h3-7,9-10H,2,8H2,1H3,(H,17,18)(H,19,20). The quantitative estimate of drug-likeness (QED) is 0.879. The second-order valence-corrected chi connectivity index (χ2v) is 4.31. The van der Waals surface area contributed by atoms with Gasteiger partial charge in [-0.1, -0.05) is 6.92 Å². The number of pyridine rings is 1. The van der Waals surface area contributed by atoms with E-state index in [2.05, 4.69) is 15.6 Å². The Morgan fingerprint density at radius 1 is 1.25 bits per heavy atom. The third-order valence-electron chi connectivity index (χ3n) is 2.73. The molecule has 0 radical (unpaired) electrons. The topological polar surface area (TPSA) is 54.0 Å². The van der Waals surface area contributed by atoms with Crippen LogP contribution in [0.1, 0.15) is 23.7 Å². The normalized spacial score (nSPS) is 10.1. The Kier molecular flexibility index (Phi) is 4.65. The number of rotatable bonds is 5. The van der Waals surface area contributed by atoms with Crippen molar-refractivity contribution in [3.63, 3.8) is 0 Å². The minimum absolute atomic E-state index is 0.275. The largest absolute Gasteiger partial charge is 0.384 e. The number of anilines is 2. The fourth-order valence-corrected chi connectivity index (χ4v) is 1.72. The average Bonchev–Trinajstić information content (AvgIpc) is 2.47. The van der Waals surface area contributed by atoms with Crippen LogP contribution < -0.4 is 10.6 Å². The SMILES string of the molecule is CCCNc1ccncc1C(=O)Nc1ccc(F)cc1. The van der Waals surface area contributed by atoms with Gasteiger partial charge >= 0.3 is 0 Å². The number of hydrogen-bond acceptors (Lipinski definition) is 3. The van der Waals surface area contributed by atoms with Crippen LogP contribution in [-0.2, 0) is 0 Å². The minimum Gasteiger partial charge on any atom is -0.384 e. The molecule has 0 saturated carbocycles. The molecule has 1 heterocycles. The molecule has 0 aliphatic heterocycles. The van der Waals surface area contributed by atoms with Crippen LogP contribution >= 0.6 is 0 Å². The summed E-state index contributed by atoms with van der Waals surface area (Å²) in [6, 6.07) is 7.39. The first kappa shape index (κ1) is 14.0. The number of nitrogens with one attached hydrogen (secondary N) is 2. The van der Waals surface area contributed by atoms with Gasteiger partial charge in [0, 0.05) is 24.6 Å². The molecule has 104 valence electrons. The van der Waals surface area contributed by atoms with E-state index >= 15 is 0 Å². The third-order valence-corrected chi connectivity index (χ3v) is 2.73. The zero-order valence-electron chi connectivity index (χ0n) is 11.2. The van der Waals surface area contributed by atoms with Crippen LogP contribution in [0.3, 0.4) is 0 Å². The number of carbonyl (C=O) groups is 1. The van der Waals surface area contributed by atoms with Crippen LogP contribution in [0.5, 0.6) is 0 Å². The van der Waals surface area contributed by atoms with Crippen LogP contribution in [0.15, 0.2) is 42.7 Å². The van der Waals surface area contributed by atoms with Crippen LogP contribution in [-0.4, -0.2) is 17.4 Å². The summed E-state index contributed by atoms with van der Waals surface area (Å²) in [6.45, 7) is 2.83. The van der Waals surface area contributed by atoms with Crippen LogP contribution in [0.25, 0.3) is 0 Å². The van der Waals surface area contributed by atoms with Crippen molar-refractivity contribution in [2.45, 2.75) is 13.3 Å². The van der Waals surface area contributed by atoms with E-state index in [1.54, 1.807) is 12.3 Å². The smallest absolute Gasteiger partial charge is 0.259 e.